The van der Waals surface area contributed by atoms with Crippen LogP contribution in [0.3, 0.4) is 0 Å². The highest BCUT2D eigenvalue weighted by Gasteiger charge is 2.13. The molecule has 1 atom stereocenters. The fourth-order valence-electron chi connectivity index (χ4n) is 2.24. The van der Waals surface area contributed by atoms with Crippen molar-refractivity contribution in [3.63, 3.8) is 0 Å². The number of hydrogen-bond acceptors (Lipinski definition) is 4. The van der Waals surface area contributed by atoms with Gasteiger partial charge in [-0.05, 0) is 55.2 Å². The lowest BCUT2D eigenvalue weighted by Crippen LogP contribution is -2.20. The first-order valence-electron chi connectivity index (χ1n) is 7.71. The Kier molecular flexibility index (Phi) is 7.36. The van der Waals surface area contributed by atoms with Crippen molar-refractivity contribution in [2.24, 2.45) is 5.73 Å². The lowest BCUT2D eigenvalue weighted by Gasteiger charge is -2.15. The van der Waals surface area contributed by atoms with Crippen LogP contribution in [0.15, 0.2) is 36.5 Å². The molecule has 0 aliphatic rings. The van der Waals surface area contributed by atoms with Crippen molar-refractivity contribution < 1.29 is 13.9 Å². The Bertz CT molecular complexity index is 733. The fraction of sp³-hybridized carbons (Fsp3) is 0.294. The first-order chi connectivity index (χ1) is 12.0. The Morgan fingerprint density at radius 1 is 1.32 bits per heavy atom. The predicted octanol–water partition coefficient (Wildman–Crippen LogP) is 3.84. The zero-order valence-corrected chi connectivity index (χ0v) is 15.2. The summed E-state index contributed by atoms with van der Waals surface area (Å²) in [6, 6.07) is 9.03. The molecule has 0 amide bonds. The van der Waals surface area contributed by atoms with Crippen LogP contribution in [-0.4, -0.2) is 23.2 Å². The van der Waals surface area contributed by atoms with E-state index >= 15 is 0 Å². The van der Waals surface area contributed by atoms with E-state index in [-0.39, 0.29) is 11.7 Å². The SMILES string of the molecule is CCOC(F)Oc1ccccc1CCc1ccnc(NC(N)=S)c1Cl. The van der Waals surface area contributed by atoms with E-state index in [0.717, 1.165) is 11.1 Å². The van der Waals surface area contributed by atoms with Gasteiger partial charge in [-0.25, -0.2) is 4.98 Å². The van der Waals surface area contributed by atoms with Crippen LogP contribution in [0, 0.1) is 0 Å². The molecule has 1 aromatic heterocycles. The molecule has 25 heavy (non-hydrogen) atoms. The molecule has 1 unspecified atom stereocenters. The van der Waals surface area contributed by atoms with Gasteiger partial charge in [0.25, 0.3) is 0 Å². The Balaban J connectivity index is 2.10. The third-order valence-corrected chi connectivity index (χ3v) is 3.89. The highest BCUT2D eigenvalue weighted by Crippen LogP contribution is 2.27. The Hall–Kier alpha value is -1.96. The van der Waals surface area contributed by atoms with E-state index in [2.05, 4.69) is 10.3 Å². The minimum absolute atomic E-state index is 0.0928. The highest BCUT2D eigenvalue weighted by atomic mass is 35.5. The standard InChI is InChI=1S/C17H19ClFN3O2S/c1-2-23-16(19)24-13-6-4-3-5-11(13)7-8-12-9-10-21-15(14(12)18)22-17(20)25/h3-6,9-10,16H,2,7-8H2,1H3,(H3,20,21,22,25). The zero-order valence-electron chi connectivity index (χ0n) is 13.7. The van der Waals surface area contributed by atoms with Crippen LogP contribution in [0.25, 0.3) is 0 Å². The number of rotatable bonds is 8. The second kappa shape index (κ2) is 9.50. The normalized spacial score (nSPS) is 11.8. The number of para-hydroxylation sites is 1. The van der Waals surface area contributed by atoms with Crippen molar-refractivity contribution in [2.45, 2.75) is 26.3 Å². The molecule has 2 rings (SSSR count). The maximum atomic E-state index is 13.6. The van der Waals surface area contributed by atoms with E-state index in [1.165, 1.54) is 0 Å². The number of ether oxygens (including phenoxy) is 2. The van der Waals surface area contributed by atoms with Gasteiger partial charge in [-0.2, -0.15) is 4.39 Å². The van der Waals surface area contributed by atoms with E-state index in [4.69, 9.17) is 39.0 Å². The number of aromatic nitrogens is 1. The van der Waals surface area contributed by atoms with Crippen molar-refractivity contribution in [2.75, 3.05) is 11.9 Å². The highest BCUT2D eigenvalue weighted by molar-refractivity contribution is 7.80. The second-order valence-corrected chi connectivity index (χ2v) is 5.90. The quantitative estimate of drug-likeness (QED) is 0.533. The minimum atomic E-state index is -1.79. The van der Waals surface area contributed by atoms with E-state index in [9.17, 15) is 4.39 Å². The van der Waals surface area contributed by atoms with Gasteiger partial charge in [-0.15, -0.1) is 0 Å². The molecule has 1 aromatic carbocycles. The van der Waals surface area contributed by atoms with Gasteiger partial charge in [0.15, 0.2) is 10.9 Å². The molecule has 0 radical (unpaired) electrons. The maximum Gasteiger partial charge on any atom is 0.352 e. The van der Waals surface area contributed by atoms with Crippen LogP contribution in [0.5, 0.6) is 5.75 Å². The number of nitrogens with one attached hydrogen (secondary N) is 1. The number of alkyl halides is 1. The average molecular weight is 384 g/mol. The molecule has 0 saturated carbocycles. The van der Waals surface area contributed by atoms with Gasteiger partial charge in [-0.1, -0.05) is 29.8 Å². The largest absolute Gasteiger partial charge is 0.438 e. The van der Waals surface area contributed by atoms with Crippen LogP contribution in [-0.2, 0) is 17.6 Å². The van der Waals surface area contributed by atoms with E-state index in [1.807, 2.05) is 18.2 Å². The molecule has 0 aliphatic heterocycles. The number of thiocarbonyl (C=S) groups is 1. The predicted molar refractivity (Wildman–Crippen MR) is 101 cm³/mol. The van der Waals surface area contributed by atoms with Gasteiger partial charge in [0, 0.05) is 6.20 Å². The number of nitrogens with two attached hydrogens (primary N) is 1. The molecule has 8 heteroatoms. The van der Waals surface area contributed by atoms with Gasteiger partial charge in [-0.3, -0.25) is 0 Å². The summed E-state index contributed by atoms with van der Waals surface area (Å²) in [4.78, 5) is 4.11. The summed E-state index contributed by atoms with van der Waals surface area (Å²) in [6.07, 6.45) is 2.83. The van der Waals surface area contributed by atoms with Gasteiger partial charge in [0.1, 0.15) is 5.75 Å². The van der Waals surface area contributed by atoms with E-state index < -0.39 is 6.54 Å². The van der Waals surface area contributed by atoms with Gasteiger partial charge in [0.05, 0.1) is 11.6 Å². The molecule has 134 valence electrons. The molecular weight excluding hydrogens is 365 g/mol. The van der Waals surface area contributed by atoms with Crippen molar-refractivity contribution in [3.05, 3.63) is 52.7 Å². The maximum absolute atomic E-state index is 13.6. The summed E-state index contributed by atoms with van der Waals surface area (Å²) in [5, 5.41) is 3.28. The van der Waals surface area contributed by atoms with Gasteiger partial charge >= 0.3 is 6.54 Å². The summed E-state index contributed by atoms with van der Waals surface area (Å²) in [6.45, 7) is 0.137. The van der Waals surface area contributed by atoms with E-state index in [1.54, 1.807) is 25.3 Å². The number of halogens is 2. The average Bonchev–Trinajstić information content (AvgIpc) is 2.56. The monoisotopic (exact) mass is 383 g/mol. The molecule has 0 spiro atoms. The molecule has 0 aliphatic carbocycles. The fourth-order valence-corrected chi connectivity index (χ4v) is 2.59. The summed E-state index contributed by atoms with van der Waals surface area (Å²) < 4.78 is 23.6. The molecule has 1 heterocycles. The lowest BCUT2D eigenvalue weighted by atomic mass is 10.0. The summed E-state index contributed by atoms with van der Waals surface area (Å²) >= 11 is 11.1. The van der Waals surface area contributed by atoms with Crippen molar-refractivity contribution >= 4 is 34.7 Å². The number of benzene rings is 1. The molecule has 0 saturated heterocycles. The molecule has 3 N–H and O–H groups in total. The molecule has 0 bridgehead atoms. The minimum Gasteiger partial charge on any atom is -0.438 e. The first-order valence-corrected chi connectivity index (χ1v) is 8.50. The lowest BCUT2D eigenvalue weighted by molar-refractivity contribution is -0.162. The third kappa shape index (κ3) is 5.81. The molecule has 2 aromatic rings. The molecular formula is C17H19ClFN3O2S. The number of pyridine rings is 1. The van der Waals surface area contributed by atoms with Crippen LogP contribution in [0.4, 0.5) is 10.2 Å². The number of hydrogen-bond donors (Lipinski definition) is 2. The van der Waals surface area contributed by atoms with Gasteiger partial charge in [0.2, 0.25) is 0 Å². The van der Waals surface area contributed by atoms with Crippen molar-refractivity contribution in [1.29, 1.82) is 0 Å². The van der Waals surface area contributed by atoms with Crippen LogP contribution in [0.1, 0.15) is 18.1 Å². The third-order valence-electron chi connectivity index (χ3n) is 3.36. The van der Waals surface area contributed by atoms with Crippen LogP contribution < -0.4 is 15.8 Å². The summed E-state index contributed by atoms with van der Waals surface area (Å²) in [7, 11) is 0. The van der Waals surface area contributed by atoms with Gasteiger partial charge < -0.3 is 20.5 Å². The topological polar surface area (TPSA) is 69.4 Å². The first kappa shape index (κ1) is 19.4. The molecule has 5 nitrogen and oxygen atoms in total. The number of aryl methyl sites for hydroxylation is 2. The van der Waals surface area contributed by atoms with Crippen molar-refractivity contribution in [3.8, 4) is 5.75 Å². The Morgan fingerprint density at radius 3 is 2.76 bits per heavy atom. The summed E-state index contributed by atoms with van der Waals surface area (Å²) in [5.41, 5.74) is 7.17. The van der Waals surface area contributed by atoms with Crippen LogP contribution in [0.2, 0.25) is 5.02 Å². The smallest absolute Gasteiger partial charge is 0.352 e. The second-order valence-electron chi connectivity index (χ2n) is 5.08. The Morgan fingerprint density at radius 2 is 2.04 bits per heavy atom. The van der Waals surface area contributed by atoms with Crippen molar-refractivity contribution in [1.82, 2.24) is 4.98 Å². The van der Waals surface area contributed by atoms with Crippen LogP contribution >= 0.6 is 23.8 Å². The molecule has 0 fully saturated rings. The number of anilines is 1. The number of nitrogens with zero attached hydrogens (tertiary/aromatic N) is 1. The van der Waals surface area contributed by atoms with E-state index in [0.29, 0.717) is 29.4 Å². The summed E-state index contributed by atoms with van der Waals surface area (Å²) in [5.74, 6) is 0.853. The Labute approximate surface area is 156 Å². The zero-order chi connectivity index (χ0) is 18.2.